The molecule has 1 aromatic carbocycles. The van der Waals surface area contributed by atoms with Gasteiger partial charge in [0.05, 0.1) is 7.11 Å². The van der Waals surface area contributed by atoms with Crippen molar-refractivity contribution >= 4 is 27.3 Å². The molecule has 0 aliphatic heterocycles. The first-order valence-electron chi connectivity index (χ1n) is 7.23. The van der Waals surface area contributed by atoms with E-state index >= 15 is 0 Å². The molecule has 0 bridgehead atoms. The molecule has 2 heterocycles. The molecule has 0 unspecified atom stereocenters. The zero-order valence-corrected chi connectivity index (χ0v) is 13.9. The number of nitrogens with zero attached hydrogens (tertiary/aromatic N) is 4. The molecule has 1 amide bonds. The lowest BCUT2D eigenvalue weighted by molar-refractivity contribution is -0.116. The van der Waals surface area contributed by atoms with E-state index in [1.54, 1.807) is 11.6 Å². The number of methoxy groups -OCH3 is 1. The summed E-state index contributed by atoms with van der Waals surface area (Å²) in [6.07, 6.45) is 0.461. The van der Waals surface area contributed by atoms with Gasteiger partial charge in [0.15, 0.2) is 5.82 Å². The normalized spacial score (nSPS) is 11.1. The Labute approximate surface area is 137 Å². The number of anilines is 1. The topological polar surface area (TPSA) is 81.4 Å². The maximum absolute atomic E-state index is 11.9. The first kappa shape index (κ1) is 15.4. The van der Waals surface area contributed by atoms with Gasteiger partial charge in [-0.25, -0.2) is 0 Å². The van der Waals surface area contributed by atoms with E-state index in [2.05, 4.69) is 20.6 Å². The van der Waals surface area contributed by atoms with Crippen molar-refractivity contribution in [3.63, 3.8) is 0 Å². The van der Waals surface area contributed by atoms with E-state index in [-0.39, 0.29) is 5.91 Å². The second-order valence-electron chi connectivity index (χ2n) is 5.50. The smallest absolute Gasteiger partial charge is 0.236 e. The van der Waals surface area contributed by atoms with Crippen LogP contribution in [-0.4, -0.2) is 32.8 Å². The van der Waals surface area contributed by atoms with E-state index < -0.39 is 0 Å². The summed E-state index contributed by atoms with van der Waals surface area (Å²) < 4.78 is 6.86. The zero-order valence-electron chi connectivity index (χ0n) is 13.1. The van der Waals surface area contributed by atoms with Gasteiger partial charge < -0.3 is 10.1 Å². The summed E-state index contributed by atoms with van der Waals surface area (Å²) in [5.74, 6) is 1.60. The van der Waals surface area contributed by atoms with Crippen LogP contribution >= 0.6 is 11.3 Å². The molecule has 23 heavy (non-hydrogen) atoms. The highest BCUT2D eigenvalue weighted by Crippen LogP contribution is 2.26. The Balaban J connectivity index is 1.90. The van der Waals surface area contributed by atoms with Gasteiger partial charge in [-0.2, -0.15) is 4.52 Å². The van der Waals surface area contributed by atoms with Gasteiger partial charge in [-0.1, -0.05) is 37.3 Å². The molecule has 3 aromatic rings. The molecule has 0 aliphatic carbocycles. The van der Waals surface area contributed by atoms with E-state index in [4.69, 9.17) is 4.74 Å². The molecule has 2 aromatic heterocycles. The Morgan fingerprint density at radius 2 is 2.22 bits per heavy atom. The summed E-state index contributed by atoms with van der Waals surface area (Å²) in [5.41, 5.74) is 0.849. The van der Waals surface area contributed by atoms with Crippen molar-refractivity contribution < 1.29 is 9.53 Å². The summed E-state index contributed by atoms with van der Waals surface area (Å²) in [6.45, 7) is 4.00. The molecule has 0 fully saturated rings. The molecule has 8 heteroatoms. The summed E-state index contributed by atoms with van der Waals surface area (Å²) >= 11 is 1.29. The van der Waals surface area contributed by atoms with Crippen LogP contribution in [0.1, 0.15) is 20.3 Å². The van der Waals surface area contributed by atoms with E-state index in [9.17, 15) is 4.79 Å². The first-order valence-corrected chi connectivity index (χ1v) is 8.05. The fourth-order valence-electron chi connectivity index (χ4n) is 2.15. The van der Waals surface area contributed by atoms with Gasteiger partial charge in [-0.15, -0.1) is 15.3 Å². The van der Waals surface area contributed by atoms with Crippen LogP contribution in [-0.2, 0) is 4.79 Å². The van der Waals surface area contributed by atoms with Crippen molar-refractivity contribution in [3.05, 3.63) is 24.3 Å². The Bertz CT molecular complexity index is 839. The first-order chi connectivity index (χ1) is 11.1. The summed E-state index contributed by atoms with van der Waals surface area (Å²) in [4.78, 5) is 12.5. The lowest BCUT2D eigenvalue weighted by Gasteiger charge is -2.03. The van der Waals surface area contributed by atoms with Crippen molar-refractivity contribution in [2.24, 2.45) is 5.92 Å². The molecule has 7 nitrogen and oxygen atoms in total. The summed E-state index contributed by atoms with van der Waals surface area (Å²) in [6, 6.07) is 7.52. The second kappa shape index (κ2) is 6.33. The molecule has 0 aliphatic rings. The van der Waals surface area contributed by atoms with Crippen LogP contribution in [0.5, 0.6) is 5.75 Å². The number of aromatic nitrogens is 4. The third kappa shape index (κ3) is 3.31. The van der Waals surface area contributed by atoms with Gasteiger partial charge in [0.25, 0.3) is 0 Å². The highest BCUT2D eigenvalue weighted by molar-refractivity contribution is 7.20. The van der Waals surface area contributed by atoms with E-state index in [0.29, 0.717) is 28.3 Å². The zero-order chi connectivity index (χ0) is 16.4. The molecule has 0 atom stereocenters. The highest BCUT2D eigenvalue weighted by Gasteiger charge is 2.15. The molecule has 120 valence electrons. The van der Waals surface area contributed by atoms with E-state index in [0.717, 1.165) is 11.3 Å². The van der Waals surface area contributed by atoms with Gasteiger partial charge in [0.2, 0.25) is 16.0 Å². The number of carbonyl (C=O) groups excluding carboxylic acids is 1. The summed E-state index contributed by atoms with van der Waals surface area (Å²) in [5, 5.41) is 16.0. The molecule has 0 radical (unpaired) electrons. The maximum atomic E-state index is 11.9. The molecular formula is C15H17N5O2S. The van der Waals surface area contributed by atoms with Gasteiger partial charge in [-0.3, -0.25) is 4.79 Å². The lowest BCUT2D eigenvalue weighted by atomic mass is 10.1. The maximum Gasteiger partial charge on any atom is 0.236 e. The minimum atomic E-state index is -0.0482. The van der Waals surface area contributed by atoms with E-state index in [1.165, 1.54) is 11.3 Å². The fraction of sp³-hybridized carbons (Fsp3) is 0.333. The predicted octanol–water partition coefficient (Wildman–Crippen LogP) is 2.85. The Hall–Kier alpha value is -2.48. The van der Waals surface area contributed by atoms with Gasteiger partial charge in [0.1, 0.15) is 5.75 Å². The monoisotopic (exact) mass is 331 g/mol. The molecular weight excluding hydrogens is 314 g/mol. The Kier molecular flexibility index (Phi) is 4.24. The quantitative estimate of drug-likeness (QED) is 0.777. The number of nitrogens with one attached hydrogen (secondary N) is 1. The van der Waals surface area contributed by atoms with Crippen molar-refractivity contribution in [2.45, 2.75) is 20.3 Å². The van der Waals surface area contributed by atoms with Crippen LogP contribution < -0.4 is 10.1 Å². The minimum absolute atomic E-state index is 0.0482. The van der Waals surface area contributed by atoms with Crippen LogP contribution in [0.3, 0.4) is 0 Å². The lowest BCUT2D eigenvalue weighted by Crippen LogP contribution is -2.13. The molecule has 1 N–H and O–H groups in total. The number of hydrogen-bond donors (Lipinski definition) is 1. The predicted molar refractivity (Wildman–Crippen MR) is 88.7 cm³/mol. The standard InChI is InChI=1S/C15H17N5O2S/c1-9(2)7-12(21)16-14-19-20-13(17-18-15(20)23-14)10-5-4-6-11(8-10)22-3/h4-6,8-9H,7H2,1-3H3,(H,16,19,21). The number of fused-ring (bicyclic) bond motifs is 1. The van der Waals surface area contributed by atoms with Crippen molar-refractivity contribution in [1.82, 2.24) is 19.8 Å². The second-order valence-corrected chi connectivity index (χ2v) is 6.46. The largest absolute Gasteiger partial charge is 0.497 e. The number of benzene rings is 1. The third-order valence-electron chi connectivity index (χ3n) is 3.16. The third-order valence-corrected chi connectivity index (χ3v) is 3.97. The van der Waals surface area contributed by atoms with Crippen molar-refractivity contribution in [3.8, 4) is 17.1 Å². The van der Waals surface area contributed by atoms with Crippen LogP contribution in [0.15, 0.2) is 24.3 Å². The number of ether oxygens (including phenoxy) is 1. The van der Waals surface area contributed by atoms with Gasteiger partial charge in [0, 0.05) is 12.0 Å². The highest BCUT2D eigenvalue weighted by atomic mass is 32.1. The minimum Gasteiger partial charge on any atom is -0.497 e. The molecule has 0 spiro atoms. The van der Waals surface area contributed by atoms with Crippen LogP contribution in [0.2, 0.25) is 0 Å². The SMILES string of the molecule is COc1cccc(-c2nnc3sc(NC(=O)CC(C)C)nn23)c1. The number of carbonyl (C=O) groups is 1. The van der Waals surface area contributed by atoms with Crippen LogP contribution in [0.4, 0.5) is 5.13 Å². The molecule has 0 saturated carbocycles. The average molecular weight is 331 g/mol. The average Bonchev–Trinajstić information content (AvgIpc) is 3.06. The fourth-order valence-corrected chi connectivity index (χ4v) is 2.91. The number of rotatable bonds is 5. The Morgan fingerprint density at radius 3 is 2.96 bits per heavy atom. The van der Waals surface area contributed by atoms with Crippen molar-refractivity contribution in [1.29, 1.82) is 0 Å². The molecule has 3 rings (SSSR count). The summed E-state index contributed by atoms with van der Waals surface area (Å²) in [7, 11) is 1.61. The van der Waals surface area contributed by atoms with E-state index in [1.807, 2.05) is 38.1 Å². The number of hydrogen-bond acceptors (Lipinski definition) is 6. The van der Waals surface area contributed by atoms with Crippen LogP contribution in [0, 0.1) is 5.92 Å². The molecule has 0 saturated heterocycles. The van der Waals surface area contributed by atoms with Gasteiger partial charge in [-0.05, 0) is 18.1 Å². The Morgan fingerprint density at radius 1 is 1.39 bits per heavy atom. The van der Waals surface area contributed by atoms with Crippen molar-refractivity contribution in [2.75, 3.05) is 12.4 Å². The van der Waals surface area contributed by atoms with Gasteiger partial charge >= 0.3 is 0 Å². The van der Waals surface area contributed by atoms with Crippen LogP contribution in [0.25, 0.3) is 16.3 Å². The number of amides is 1.